The van der Waals surface area contributed by atoms with Crippen LogP contribution in [-0.4, -0.2) is 19.9 Å². The summed E-state index contributed by atoms with van der Waals surface area (Å²) < 4.78 is 13.5. The van der Waals surface area contributed by atoms with Crippen molar-refractivity contribution < 1.29 is 9.15 Å². The van der Waals surface area contributed by atoms with E-state index in [-0.39, 0.29) is 0 Å². The quantitative estimate of drug-likeness (QED) is 0.179. The van der Waals surface area contributed by atoms with Crippen LogP contribution in [0.15, 0.2) is 187 Å². The lowest BCUT2D eigenvalue weighted by Gasteiger charge is -2.17. The summed E-state index contributed by atoms with van der Waals surface area (Å²) in [4.78, 5) is 19.5. The van der Waals surface area contributed by atoms with E-state index < -0.39 is 0 Å². The van der Waals surface area contributed by atoms with Crippen molar-refractivity contribution in [2.75, 3.05) is 0 Å². The number of pyridine rings is 2. The predicted molar refractivity (Wildman–Crippen MR) is 233 cm³/mol. The third-order valence-corrected chi connectivity index (χ3v) is 10.7. The Morgan fingerprint density at radius 1 is 0.397 bits per heavy atom. The lowest BCUT2D eigenvalue weighted by molar-refractivity contribution is 0.487. The first-order valence-electron chi connectivity index (χ1n) is 19.2. The Morgan fingerprint density at radius 3 is 1.97 bits per heavy atom. The molecule has 0 spiro atoms. The molecule has 11 rings (SSSR count). The molecule has 1 aliphatic rings. The number of fused-ring (bicyclic) bond motifs is 9. The van der Waals surface area contributed by atoms with E-state index in [4.69, 9.17) is 24.1 Å². The van der Waals surface area contributed by atoms with Crippen molar-refractivity contribution in [2.45, 2.75) is 0 Å². The van der Waals surface area contributed by atoms with Gasteiger partial charge in [0.25, 0.3) is 0 Å². The Kier molecular flexibility index (Phi) is 8.04. The molecule has 272 valence electrons. The minimum Gasteiger partial charge on any atom is -0.456 e. The maximum Gasteiger partial charge on any atom is 0.160 e. The van der Waals surface area contributed by atoms with E-state index >= 15 is 0 Å². The normalized spacial score (nSPS) is 12.4. The van der Waals surface area contributed by atoms with Crippen LogP contribution in [0.25, 0.3) is 102 Å². The van der Waals surface area contributed by atoms with Gasteiger partial charge in [-0.25, -0.2) is 9.97 Å². The van der Waals surface area contributed by atoms with Gasteiger partial charge >= 0.3 is 0 Å². The molecule has 6 nitrogen and oxygen atoms in total. The van der Waals surface area contributed by atoms with Crippen molar-refractivity contribution in [2.24, 2.45) is 0 Å². The first kappa shape index (κ1) is 33.4. The highest BCUT2D eigenvalue weighted by atomic mass is 16.5. The maximum absolute atomic E-state index is 7.04. The van der Waals surface area contributed by atoms with Gasteiger partial charge in [-0.1, -0.05) is 115 Å². The number of nitrogens with zero attached hydrogens (tertiary/aromatic N) is 4. The van der Waals surface area contributed by atoms with Gasteiger partial charge in [0.1, 0.15) is 22.7 Å². The third kappa shape index (κ3) is 6.01. The van der Waals surface area contributed by atoms with Crippen LogP contribution < -0.4 is 4.74 Å². The highest BCUT2D eigenvalue weighted by Gasteiger charge is 2.21. The Hall–Kier alpha value is -7.96. The molecule has 6 heteroatoms. The molecule has 0 unspecified atom stereocenters. The number of para-hydroxylation sites is 2. The zero-order chi connectivity index (χ0) is 38.4. The van der Waals surface area contributed by atoms with Crippen LogP contribution in [0.5, 0.6) is 11.5 Å². The molecular formula is C52H32N4O2. The number of furan rings is 1. The molecule has 0 radical (unpaired) electrons. The largest absolute Gasteiger partial charge is 0.456 e. The molecule has 0 aliphatic carbocycles. The summed E-state index contributed by atoms with van der Waals surface area (Å²) in [7, 11) is 0. The molecule has 10 aromatic rings. The molecule has 0 saturated heterocycles. The zero-order valence-corrected chi connectivity index (χ0v) is 31.1. The number of hydrogen-bond acceptors (Lipinski definition) is 6. The van der Waals surface area contributed by atoms with Gasteiger partial charge in [0, 0.05) is 62.7 Å². The van der Waals surface area contributed by atoms with Crippen molar-refractivity contribution >= 4 is 34.1 Å². The van der Waals surface area contributed by atoms with E-state index in [1.165, 1.54) is 0 Å². The molecule has 0 N–H and O–H groups in total. The molecule has 0 saturated carbocycles. The smallest absolute Gasteiger partial charge is 0.160 e. The van der Waals surface area contributed by atoms with Gasteiger partial charge in [-0.05, 0) is 82.9 Å². The maximum atomic E-state index is 7.04. The van der Waals surface area contributed by atoms with E-state index in [0.29, 0.717) is 5.82 Å². The summed E-state index contributed by atoms with van der Waals surface area (Å²) in [5.41, 5.74) is 13.8. The second kappa shape index (κ2) is 14.0. The molecule has 0 atom stereocenters. The number of benzene rings is 6. The van der Waals surface area contributed by atoms with E-state index in [1.54, 1.807) is 6.20 Å². The van der Waals surface area contributed by atoms with E-state index in [0.717, 1.165) is 106 Å². The summed E-state index contributed by atoms with van der Waals surface area (Å²) in [5.74, 6) is 2.08. The van der Waals surface area contributed by atoms with Crippen molar-refractivity contribution in [3.8, 4) is 78.9 Å². The number of ether oxygens (including phenoxy) is 1. The first-order valence-corrected chi connectivity index (χ1v) is 19.2. The van der Waals surface area contributed by atoms with Crippen LogP contribution in [0.4, 0.5) is 0 Å². The standard InChI is InChI=1S/C52H32N4O2/c1-2-12-35(13-3-1)46-30-47(38-24-25-45(54-32-38)37-14-10-26-53-31-37)56-52(55-46)36-23-22-34-21-20-33-11-4-5-15-39(33)40-16-6-8-18-48(40)57-51-28-43-41-17-7-9-19-49(41)58-50(43)29-44(51)42(34)27-36/h1-32H/b21-20-. The average Bonchev–Trinajstić information content (AvgIpc) is 3.65. The second-order valence-corrected chi connectivity index (χ2v) is 14.3. The van der Waals surface area contributed by atoms with Gasteiger partial charge in [-0.15, -0.1) is 0 Å². The van der Waals surface area contributed by atoms with E-state index in [1.807, 2.05) is 85.2 Å². The van der Waals surface area contributed by atoms with Crippen LogP contribution in [0.3, 0.4) is 0 Å². The fourth-order valence-corrected chi connectivity index (χ4v) is 7.80. The lowest BCUT2D eigenvalue weighted by atomic mass is 9.94. The Bertz CT molecular complexity index is 3190. The van der Waals surface area contributed by atoms with Crippen molar-refractivity contribution in [3.05, 3.63) is 194 Å². The molecule has 1 aliphatic heterocycles. The van der Waals surface area contributed by atoms with E-state index in [2.05, 4.69) is 108 Å². The molecule has 0 bridgehead atoms. The van der Waals surface area contributed by atoms with Gasteiger partial charge in [0.15, 0.2) is 5.82 Å². The fourth-order valence-electron chi connectivity index (χ4n) is 7.80. The molecule has 0 fully saturated rings. The van der Waals surface area contributed by atoms with Crippen molar-refractivity contribution in [3.63, 3.8) is 0 Å². The van der Waals surface area contributed by atoms with Gasteiger partial charge in [-0.2, -0.15) is 0 Å². The Morgan fingerprint density at radius 2 is 1.12 bits per heavy atom. The highest BCUT2D eigenvalue weighted by molar-refractivity contribution is 6.07. The predicted octanol–water partition coefficient (Wildman–Crippen LogP) is 13.4. The lowest BCUT2D eigenvalue weighted by Crippen LogP contribution is -1.98. The van der Waals surface area contributed by atoms with Crippen LogP contribution in [0.1, 0.15) is 11.1 Å². The van der Waals surface area contributed by atoms with Crippen LogP contribution in [-0.2, 0) is 0 Å². The fraction of sp³-hybridized carbons (Fsp3) is 0. The summed E-state index contributed by atoms with van der Waals surface area (Å²) in [5, 5.41) is 2.02. The van der Waals surface area contributed by atoms with Crippen molar-refractivity contribution in [1.29, 1.82) is 0 Å². The summed E-state index contributed by atoms with van der Waals surface area (Å²) in [6.45, 7) is 0. The molecule has 58 heavy (non-hydrogen) atoms. The average molecular weight is 745 g/mol. The second-order valence-electron chi connectivity index (χ2n) is 14.3. The Labute approximate surface area is 334 Å². The minimum absolute atomic E-state index is 0.594. The number of rotatable bonds is 4. The topological polar surface area (TPSA) is 73.9 Å². The molecule has 6 aromatic carbocycles. The van der Waals surface area contributed by atoms with Crippen LogP contribution in [0, 0.1) is 0 Å². The highest BCUT2D eigenvalue weighted by Crippen LogP contribution is 2.45. The summed E-state index contributed by atoms with van der Waals surface area (Å²) >= 11 is 0. The zero-order valence-electron chi connectivity index (χ0n) is 31.1. The molecule has 5 heterocycles. The van der Waals surface area contributed by atoms with E-state index in [9.17, 15) is 0 Å². The summed E-state index contributed by atoms with van der Waals surface area (Å²) in [6, 6.07) is 55.7. The SMILES string of the molecule is C1=C\c2ccc(-c3nc(-c4ccccc4)cc(-c4ccc(-c5cccnc5)nc4)n3)cc2-c2cc3oc4ccccc4c3cc2Oc2ccccc2-c2ccccc2/1. The minimum atomic E-state index is 0.594. The monoisotopic (exact) mass is 744 g/mol. The summed E-state index contributed by atoms with van der Waals surface area (Å²) in [6.07, 6.45) is 9.81. The van der Waals surface area contributed by atoms with Crippen LogP contribution in [0.2, 0.25) is 0 Å². The first-order chi connectivity index (χ1) is 28.7. The van der Waals surface area contributed by atoms with Gasteiger partial charge in [-0.3, -0.25) is 9.97 Å². The molecular weight excluding hydrogens is 713 g/mol. The van der Waals surface area contributed by atoms with Gasteiger partial charge < -0.3 is 9.15 Å². The Balaban J connectivity index is 1.13. The van der Waals surface area contributed by atoms with Crippen LogP contribution >= 0.6 is 0 Å². The van der Waals surface area contributed by atoms with Gasteiger partial charge in [0.05, 0.1) is 17.1 Å². The molecule has 4 aromatic heterocycles. The molecule has 0 amide bonds. The third-order valence-electron chi connectivity index (χ3n) is 10.7. The number of aromatic nitrogens is 4. The van der Waals surface area contributed by atoms with Crippen molar-refractivity contribution in [1.82, 2.24) is 19.9 Å². The van der Waals surface area contributed by atoms with Gasteiger partial charge in [0.2, 0.25) is 0 Å². The number of hydrogen-bond donors (Lipinski definition) is 0.